The normalized spacial score (nSPS) is 15.2. The molecule has 4 rings (SSSR count). The SMILES string of the molecule is O=C(c1cccs1)n1nc(OCCN2CCCC2)c2ccccc21. The lowest BCUT2D eigenvalue weighted by Crippen LogP contribution is -2.25. The number of carbonyl (C=O) groups excluding carboxylic acids is 1. The van der Waals surface area contributed by atoms with Crippen LogP contribution in [0, 0.1) is 0 Å². The minimum atomic E-state index is -0.115. The van der Waals surface area contributed by atoms with E-state index in [0.717, 1.165) is 30.5 Å². The molecule has 1 aromatic carbocycles. The molecule has 0 aliphatic carbocycles. The van der Waals surface area contributed by atoms with E-state index in [4.69, 9.17) is 4.74 Å². The van der Waals surface area contributed by atoms with Crippen LogP contribution in [-0.4, -0.2) is 46.8 Å². The Hall–Kier alpha value is -2.18. The van der Waals surface area contributed by atoms with Crippen molar-refractivity contribution in [3.8, 4) is 5.88 Å². The Kier molecular flexibility index (Phi) is 4.32. The molecule has 6 heteroatoms. The molecule has 3 aromatic rings. The van der Waals surface area contributed by atoms with Crippen LogP contribution in [0.25, 0.3) is 10.9 Å². The summed E-state index contributed by atoms with van der Waals surface area (Å²) in [5.74, 6) is 0.422. The number of rotatable bonds is 5. The van der Waals surface area contributed by atoms with E-state index in [0.29, 0.717) is 17.4 Å². The smallest absolute Gasteiger partial charge is 0.288 e. The largest absolute Gasteiger partial charge is 0.475 e. The summed E-state index contributed by atoms with van der Waals surface area (Å²) in [5.41, 5.74) is 0.784. The van der Waals surface area contributed by atoms with Gasteiger partial charge in [0.2, 0.25) is 5.88 Å². The molecule has 2 aromatic heterocycles. The number of likely N-dealkylation sites (tertiary alicyclic amines) is 1. The van der Waals surface area contributed by atoms with Crippen molar-refractivity contribution in [1.29, 1.82) is 0 Å². The molecule has 124 valence electrons. The van der Waals surface area contributed by atoms with Crippen LogP contribution in [0.5, 0.6) is 5.88 Å². The Labute approximate surface area is 144 Å². The van der Waals surface area contributed by atoms with E-state index in [1.807, 2.05) is 41.8 Å². The molecule has 0 saturated carbocycles. The van der Waals surface area contributed by atoms with E-state index in [1.165, 1.54) is 28.9 Å². The Morgan fingerprint density at radius 1 is 1.17 bits per heavy atom. The van der Waals surface area contributed by atoms with E-state index >= 15 is 0 Å². The lowest BCUT2D eigenvalue weighted by molar-refractivity contribution is 0.0951. The zero-order chi connectivity index (χ0) is 16.4. The van der Waals surface area contributed by atoms with Gasteiger partial charge in [-0.05, 0) is 49.5 Å². The second-order valence-corrected chi connectivity index (χ2v) is 6.86. The van der Waals surface area contributed by atoms with E-state index in [9.17, 15) is 4.79 Å². The van der Waals surface area contributed by atoms with Crippen LogP contribution >= 0.6 is 11.3 Å². The lowest BCUT2D eigenvalue weighted by Gasteiger charge is -2.13. The summed E-state index contributed by atoms with van der Waals surface area (Å²) in [6.07, 6.45) is 2.54. The van der Waals surface area contributed by atoms with Gasteiger partial charge < -0.3 is 4.74 Å². The molecule has 1 saturated heterocycles. The van der Waals surface area contributed by atoms with Crippen molar-refractivity contribution < 1.29 is 9.53 Å². The second-order valence-electron chi connectivity index (χ2n) is 5.91. The van der Waals surface area contributed by atoms with Gasteiger partial charge in [0.15, 0.2) is 0 Å². The molecule has 0 spiro atoms. The first-order valence-electron chi connectivity index (χ1n) is 8.24. The van der Waals surface area contributed by atoms with Crippen molar-refractivity contribution >= 4 is 28.1 Å². The fraction of sp³-hybridized carbons (Fsp3) is 0.333. The van der Waals surface area contributed by atoms with Crippen LogP contribution < -0.4 is 4.74 Å². The highest BCUT2D eigenvalue weighted by atomic mass is 32.1. The number of hydrogen-bond acceptors (Lipinski definition) is 5. The van der Waals surface area contributed by atoms with Crippen LogP contribution in [0.2, 0.25) is 0 Å². The van der Waals surface area contributed by atoms with Gasteiger partial charge in [0.25, 0.3) is 5.91 Å². The summed E-state index contributed by atoms with van der Waals surface area (Å²) >= 11 is 1.42. The van der Waals surface area contributed by atoms with E-state index in [1.54, 1.807) is 0 Å². The number of carbonyl (C=O) groups is 1. The molecular formula is C18H19N3O2S. The third-order valence-electron chi connectivity index (χ3n) is 4.32. The number of nitrogens with zero attached hydrogens (tertiary/aromatic N) is 3. The number of fused-ring (bicyclic) bond motifs is 1. The Bertz CT molecular complexity index is 835. The van der Waals surface area contributed by atoms with Crippen molar-refractivity contribution in [2.75, 3.05) is 26.2 Å². The van der Waals surface area contributed by atoms with Crippen LogP contribution in [0.3, 0.4) is 0 Å². The van der Waals surface area contributed by atoms with E-state index in [-0.39, 0.29) is 5.91 Å². The first-order valence-corrected chi connectivity index (χ1v) is 9.12. The molecule has 0 amide bonds. The fourth-order valence-corrected chi connectivity index (χ4v) is 3.73. The van der Waals surface area contributed by atoms with Crippen molar-refractivity contribution in [2.24, 2.45) is 0 Å². The monoisotopic (exact) mass is 341 g/mol. The summed E-state index contributed by atoms with van der Waals surface area (Å²) in [6.45, 7) is 3.79. The minimum Gasteiger partial charge on any atom is -0.475 e. The summed E-state index contributed by atoms with van der Waals surface area (Å²) in [6, 6.07) is 11.4. The Balaban J connectivity index is 1.58. The van der Waals surface area contributed by atoms with Crippen molar-refractivity contribution in [2.45, 2.75) is 12.8 Å². The number of benzene rings is 1. The highest BCUT2D eigenvalue weighted by Crippen LogP contribution is 2.26. The predicted octanol–water partition coefficient (Wildman–Crippen LogP) is 3.26. The molecule has 0 atom stereocenters. The van der Waals surface area contributed by atoms with Crippen LogP contribution in [0.15, 0.2) is 41.8 Å². The molecular weight excluding hydrogens is 322 g/mol. The molecule has 5 nitrogen and oxygen atoms in total. The first kappa shape index (κ1) is 15.4. The molecule has 3 heterocycles. The maximum atomic E-state index is 12.7. The zero-order valence-corrected chi connectivity index (χ0v) is 14.2. The molecule has 1 aliphatic heterocycles. The standard InChI is InChI=1S/C18H19N3O2S/c22-18(16-8-5-13-24-16)21-15-7-2-1-6-14(15)17(19-21)23-12-11-20-9-3-4-10-20/h1-2,5-8,13H,3-4,9-12H2. The van der Waals surface area contributed by atoms with Crippen molar-refractivity contribution in [1.82, 2.24) is 14.7 Å². The predicted molar refractivity (Wildman–Crippen MR) is 94.9 cm³/mol. The summed E-state index contributed by atoms with van der Waals surface area (Å²) < 4.78 is 7.36. The fourth-order valence-electron chi connectivity index (χ4n) is 3.08. The van der Waals surface area contributed by atoms with E-state index < -0.39 is 0 Å². The molecule has 0 radical (unpaired) electrons. The van der Waals surface area contributed by atoms with Crippen molar-refractivity contribution in [3.05, 3.63) is 46.7 Å². The quantitative estimate of drug-likeness (QED) is 0.715. The lowest BCUT2D eigenvalue weighted by atomic mass is 10.2. The van der Waals surface area contributed by atoms with Gasteiger partial charge in [-0.3, -0.25) is 9.69 Å². The minimum absolute atomic E-state index is 0.115. The third kappa shape index (κ3) is 2.95. The van der Waals surface area contributed by atoms with Gasteiger partial charge in [0.1, 0.15) is 6.61 Å². The van der Waals surface area contributed by atoms with E-state index in [2.05, 4.69) is 10.00 Å². The van der Waals surface area contributed by atoms with Gasteiger partial charge >= 0.3 is 0 Å². The first-order chi connectivity index (χ1) is 11.8. The number of para-hydroxylation sites is 1. The average molecular weight is 341 g/mol. The van der Waals surface area contributed by atoms with Crippen LogP contribution in [0.1, 0.15) is 22.5 Å². The highest BCUT2D eigenvalue weighted by Gasteiger charge is 2.19. The van der Waals surface area contributed by atoms with Gasteiger partial charge in [-0.2, -0.15) is 4.68 Å². The maximum Gasteiger partial charge on any atom is 0.288 e. The number of thiophene rings is 1. The zero-order valence-electron chi connectivity index (χ0n) is 13.4. The third-order valence-corrected chi connectivity index (χ3v) is 5.18. The van der Waals surface area contributed by atoms with Gasteiger partial charge in [-0.1, -0.05) is 18.2 Å². The second kappa shape index (κ2) is 6.75. The number of ether oxygens (including phenoxy) is 1. The average Bonchev–Trinajstić information content (AvgIpc) is 3.36. The van der Waals surface area contributed by atoms with Crippen LogP contribution in [-0.2, 0) is 0 Å². The topological polar surface area (TPSA) is 47.4 Å². The van der Waals surface area contributed by atoms with Gasteiger partial charge in [-0.15, -0.1) is 16.4 Å². The molecule has 1 aliphatic rings. The molecule has 24 heavy (non-hydrogen) atoms. The van der Waals surface area contributed by atoms with Crippen molar-refractivity contribution in [3.63, 3.8) is 0 Å². The molecule has 0 unspecified atom stereocenters. The van der Waals surface area contributed by atoms with Gasteiger partial charge in [0, 0.05) is 6.54 Å². The summed E-state index contributed by atoms with van der Waals surface area (Å²) in [5, 5.41) is 7.22. The maximum absolute atomic E-state index is 12.7. The van der Waals surface area contributed by atoms with Crippen LogP contribution in [0.4, 0.5) is 0 Å². The summed E-state index contributed by atoms with van der Waals surface area (Å²) in [4.78, 5) is 15.7. The molecule has 0 bridgehead atoms. The van der Waals surface area contributed by atoms with Gasteiger partial charge in [-0.25, -0.2) is 0 Å². The molecule has 1 fully saturated rings. The summed E-state index contributed by atoms with van der Waals surface area (Å²) in [7, 11) is 0. The Morgan fingerprint density at radius 3 is 2.79 bits per heavy atom. The molecule has 0 N–H and O–H groups in total. The Morgan fingerprint density at radius 2 is 2.00 bits per heavy atom. The number of aromatic nitrogens is 2. The van der Waals surface area contributed by atoms with Gasteiger partial charge in [0.05, 0.1) is 15.8 Å². The number of hydrogen-bond donors (Lipinski definition) is 0. The highest BCUT2D eigenvalue weighted by molar-refractivity contribution is 7.12.